The molecule has 1 fully saturated rings. The van der Waals surface area contributed by atoms with Crippen LogP contribution in [0.2, 0.25) is 0 Å². The van der Waals surface area contributed by atoms with Crippen LogP contribution in [0.15, 0.2) is 23.3 Å². The van der Waals surface area contributed by atoms with Gasteiger partial charge < -0.3 is 15.0 Å². The summed E-state index contributed by atoms with van der Waals surface area (Å²) >= 11 is 0. The van der Waals surface area contributed by atoms with Crippen molar-refractivity contribution in [3.05, 3.63) is 34.2 Å². The number of rotatable bonds is 5. The molecule has 22 heavy (non-hydrogen) atoms. The Labute approximate surface area is 127 Å². The highest BCUT2D eigenvalue weighted by Gasteiger charge is 2.31. The van der Waals surface area contributed by atoms with Gasteiger partial charge in [0.2, 0.25) is 5.91 Å². The van der Waals surface area contributed by atoms with E-state index in [4.69, 9.17) is 10.3 Å². The molecule has 1 aliphatic heterocycles. The molecule has 8 heteroatoms. The molecule has 1 aromatic rings. The maximum Gasteiger partial charge on any atom is 0.337 e. The first-order chi connectivity index (χ1) is 10.6. The lowest BCUT2D eigenvalue weighted by molar-refractivity contribution is -0.117. The van der Waals surface area contributed by atoms with Crippen molar-refractivity contribution in [1.29, 1.82) is 0 Å². The van der Waals surface area contributed by atoms with Crippen LogP contribution in [0, 0.1) is 5.92 Å². The molecule has 1 heterocycles. The molecule has 0 saturated carbocycles. The van der Waals surface area contributed by atoms with E-state index in [9.17, 15) is 9.59 Å². The number of esters is 1. The largest absolute Gasteiger partial charge is 0.465 e. The number of nitrogens with one attached hydrogen (secondary N) is 1. The monoisotopic (exact) mass is 303 g/mol. The predicted molar refractivity (Wildman–Crippen MR) is 81.8 cm³/mol. The highest BCUT2D eigenvalue weighted by Crippen LogP contribution is 2.32. The molecular weight excluding hydrogens is 286 g/mol. The van der Waals surface area contributed by atoms with Crippen LogP contribution in [0.25, 0.3) is 10.4 Å². The Balaban J connectivity index is 2.32. The summed E-state index contributed by atoms with van der Waals surface area (Å²) in [6.07, 6.45) is 0.324. The molecule has 0 aliphatic carbocycles. The highest BCUT2D eigenvalue weighted by molar-refractivity contribution is 6.01. The fourth-order valence-electron chi connectivity index (χ4n) is 2.50. The number of carbonyl (C=O) groups is 2. The van der Waals surface area contributed by atoms with Crippen molar-refractivity contribution in [3.8, 4) is 0 Å². The minimum Gasteiger partial charge on any atom is -0.465 e. The quantitative estimate of drug-likeness (QED) is 0.389. The molecule has 0 spiro atoms. The van der Waals surface area contributed by atoms with Crippen molar-refractivity contribution in [1.82, 2.24) is 0 Å². The van der Waals surface area contributed by atoms with Crippen LogP contribution in [0.5, 0.6) is 0 Å². The third-order valence-corrected chi connectivity index (χ3v) is 3.59. The molecule has 8 nitrogen and oxygen atoms in total. The molecule has 1 atom stereocenters. The van der Waals surface area contributed by atoms with E-state index in [1.165, 1.54) is 7.11 Å². The second-order valence-electron chi connectivity index (χ2n) is 4.96. The van der Waals surface area contributed by atoms with E-state index in [2.05, 4.69) is 15.3 Å². The second-order valence-corrected chi connectivity index (χ2v) is 4.96. The number of azide groups is 1. The third kappa shape index (κ3) is 3.12. The molecule has 0 bridgehead atoms. The van der Waals surface area contributed by atoms with Crippen LogP contribution >= 0.6 is 0 Å². The predicted octanol–water partition coefficient (Wildman–Crippen LogP) is 2.18. The zero-order chi connectivity index (χ0) is 16.1. The smallest absolute Gasteiger partial charge is 0.337 e. The van der Waals surface area contributed by atoms with Gasteiger partial charge in [0, 0.05) is 31.5 Å². The van der Waals surface area contributed by atoms with Crippen LogP contribution in [-0.4, -0.2) is 39.1 Å². The summed E-state index contributed by atoms with van der Waals surface area (Å²) in [5.41, 5.74) is 10.1. The Morgan fingerprint density at radius 3 is 3.00 bits per heavy atom. The Hall–Kier alpha value is -2.73. The number of ether oxygens (including phenoxy) is 1. The van der Waals surface area contributed by atoms with Crippen LogP contribution in [-0.2, 0) is 9.53 Å². The van der Waals surface area contributed by atoms with Gasteiger partial charge in [-0.25, -0.2) is 4.79 Å². The average molecular weight is 303 g/mol. The van der Waals surface area contributed by atoms with Gasteiger partial charge >= 0.3 is 5.97 Å². The summed E-state index contributed by atoms with van der Waals surface area (Å²) in [4.78, 5) is 28.2. The number of benzene rings is 1. The number of amides is 1. The van der Waals surface area contributed by atoms with Crippen molar-refractivity contribution in [2.75, 3.05) is 37.5 Å². The number of anilines is 2. The summed E-state index contributed by atoms with van der Waals surface area (Å²) in [6.45, 7) is 0.738. The molecule has 1 saturated heterocycles. The number of nitrogens with zero attached hydrogens (tertiary/aromatic N) is 4. The average Bonchev–Trinajstić information content (AvgIpc) is 2.92. The zero-order valence-corrected chi connectivity index (χ0v) is 12.4. The van der Waals surface area contributed by atoms with Gasteiger partial charge in [-0.3, -0.25) is 4.79 Å². The lowest BCUT2D eigenvalue weighted by Crippen LogP contribution is -2.26. The molecule has 1 aliphatic rings. The van der Waals surface area contributed by atoms with E-state index < -0.39 is 5.97 Å². The summed E-state index contributed by atoms with van der Waals surface area (Å²) in [5, 5.41) is 6.54. The Morgan fingerprint density at radius 1 is 1.59 bits per heavy atom. The highest BCUT2D eigenvalue weighted by atomic mass is 16.5. The van der Waals surface area contributed by atoms with Gasteiger partial charge in [0.25, 0.3) is 0 Å². The second kappa shape index (κ2) is 6.82. The Morgan fingerprint density at radius 2 is 2.36 bits per heavy atom. The minimum atomic E-state index is -0.457. The normalized spacial score (nSPS) is 17.1. The van der Waals surface area contributed by atoms with Crippen molar-refractivity contribution in [2.45, 2.75) is 6.42 Å². The summed E-state index contributed by atoms with van der Waals surface area (Å²) < 4.78 is 4.71. The molecular formula is C14H17N5O3. The Bertz CT molecular complexity index is 639. The fourth-order valence-corrected chi connectivity index (χ4v) is 2.50. The SMILES string of the molecule is CNc1ccc(C(=O)OC)cc1N1CC(CN=[N+]=[N-])CC1=O. The maximum atomic E-state index is 12.2. The third-order valence-electron chi connectivity index (χ3n) is 3.59. The van der Waals surface area contributed by atoms with Gasteiger partial charge in [-0.15, -0.1) is 0 Å². The molecule has 0 radical (unpaired) electrons. The van der Waals surface area contributed by atoms with E-state index in [1.807, 2.05) is 0 Å². The number of hydrogen-bond acceptors (Lipinski definition) is 5. The van der Waals surface area contributed by atoms with E-state index >= 15 is 0 Å². The van der Waals surface area contributed by atoms with Crippen molar-refractivity contribution in [3.63, 3.8) is 0 Å². The van der Waals surface area contributed by atoms with Gasteiger partial charge in [-0.05, 0) is 29.6 Å². The summed E-state index contributed by atoms with van der Waals surface area (Å²) in [5.74, 6) is -0.535. The maximum absolute atomic E-state index is 12.2. The first kappa shape index (κ1) is 15.7. The zero-order valence-electron chi connectivity index (χ0n) is 12.4. The molecule has 1 aromatic carbocycles. The van der Waals surface area contributed by atoms with E-state index in [0.717, 1.165) is 5.69 Å². The van der Waals surface area contributed by atoms with Crippen LogP contribution in [0.3, 0.4) is 0 Å². The molecule has 0 aromatic heterocycles. The molecule has 2 rings (SSSR count). The van der Waals surface area contributed by atoms with Gasteiger partial charge in [0.05, 0.1) is 24.0 Å². The summed E-state index contributed by atoms with van der Waals surface area (Å²) in [7, 11) is 3.06. The fraction of sp³-hybridized carbons (Fsp3) is 0.429. The van der Waals surface area contributed by atoms with Crippen molar-refractivity contribution < 1.29 is 14.3 Å². The first-order valence-corrected chi connectivity index (χ1v) is 6.82. The van der Waals surface area contributed by atoms with Crippen molar-refractivity contribution in [2.24, 2.45) is 11.0 Å². The Kier molecular flexibility index (Phi) is 4.85. The van der Waals surface area contributed by atoms with Crippen LogP contribution in [0.4, 0.5) is 11.4 Å². The van der Waals surface area contributed by atoms with Crippen molar-refractivity contribution >= 4 is 23.3 Å². The van der Waals surface area contributed by atoms with Crippen LogP contribution in [0.1, 0.15) is 16.8 Å². The first-order valence-electron chi connectivity index (χ1n) is 6.82. The number of hydrogen-bond donors (Lipinski definition) is 1. The van der Waals surface area contributed by atoms with Gasteiger partial charge in [0.15, 0.2) is 0 Å². The van der Waals surface area contributed by atoms with Gasteiger partial charge in [-0.1, -0.05) is 5.11 Å². The topological polar surface area (TPSA) is 107 Å². The standard InChI is InChI=1S/C14H17N5O3/c1-16-11-4-3-10(14(21)22-2)6-12(11)19-8-9(5-13(19)20)7-17-18-15/h3-4,6,9,16H,5,7-8H2,1-2H3. The van der Waals surface area contributed by atoms with Gasteiger partial charge in [0.1, 0.15) is 0 Å². The number of carbonyl (C=O) groups excluding carboxylic acids is 2. The van der Waals surface area contributed by atoms with E-state index in [1.54, 1.807) is 30.1 Å². The lowest BCUT2D eigenvalue weighted by Gasteiger charge is -2.21. The van der Waals surface area contributed by atoms with Crippen LogP contribution < -0.4 is 10.2 Å². The summed E-state index contributed by atoms with van der Waals surface area (Å²) in [6, 6.07) is 5.00. The molecule has 1 unspecified atom stereocenters. The number of methoxy groups -OCH3 is 1. The lowest BCUT2D eigenvalue weighted by atomic mass is 10.1. The molecule has 1 amide bonds. The minimum absolute atomic E-state index is 0.0186. The van der Waals surface area contributed by atoms with E-state index in [-0.39, 0.29) is 18.4 Å². The molecule has 116 valence electrons. The van der Waals surface area contributed by atoms with E-state index in [0.29, 0.717) is 24.2 Å². The molecule has 1 N–H and O–H groups in total. The van der Waals surface area contributed by atoms with Gasteiger partial charge in [-0.2, -0.15) is 0 Å².